The van der Waals surface area contributed by atoms with Crippen molar-refractivity contribution in [2.45, 2.75) is 26.3 Å². The van der Waals surface area contributed by atoms with Crippen LogP contribution in [0.15, 0.2) is 29.4 Å². The third-order valence-electron chi connectivity index (χ3n) is 3.17. The minimum Gasteiger partial charge on any atom is -0.350 e. The standard InChI is InChI=1S/C15H21N5O2/c1-15(2,3)17-8-9-20-11-7-5-4-6-10(11)12(13(20)21)18-19-14(16)22/h4-7,17H,8-9H2,1-3H3,(H3,16,19,22). The number of para-hydroxylation sites is 1. The first-order chi connectivity index (χ1) is 10.3. The van der Waals surface area contributed by atoms with Gasteiger partial charge in [-0.1, -0.05) is 18.2 Å². The highest BCUT2D eigenvalue weighted by Gasteiger charge is 2.33. The molecule has 2 rings (SSSR count). The fraction of sp³-hybridized carbons (Fsp3) is 0.400. The van der Waals surface area contributed by atoms with Gasteiger partial charge in [0.25, 0.3) is 5.91 Å². The summed E-state index contributed by atoms with van der Waals surface area (Å²) < 4.78 is 0. The third-order valence-corrected chi connectivity index (χ3v) is 3.17. The molecule has 1 aliphatic rings. The molecule has 7 heteroatoms. The molecular weight excluding hydrogens is 282 g/mol. The maximum absolute atomic E-state index is 12.5. The summed E-state index contributed by atoms with van der Waals surface area (Å²) in [5.41, 5.74) is 8.79. The van der Waals surface area contributed by atoms with Crippen molar-refractivity contribution >= 4 is 23.3 Å². The number of urea groups is 1. The van der Waals surface area contributed by atoms with Gasteiger partial charge in [-0.05, 0) is 26.8 Å². The van der Waals surface area contributed by atoms with Crippen molar-refractivity contribution in [2.24, 2.45) is 10.8 Å². The van der Waals surface area contributed by atoms with E-state index in [9.17, 15) is 9.59 Å². The first-order valence-electron chi connectivity index (χ1n) is 7.09. The molecule has 0 spiro atoms. The van der Waals surface area contributed by atoms with Gasteiger partial charge in [-0.3, -0.25) is 4.79 Å². The normalized spacial score (nSPS) is 16.0. The summed E-state index contributed by atoms with van der Waals surface area (Å²) in [6, 6.07) is 6.54. The van der Waals surface area contributed by atoms with Crippen molar-refractivity contribution in [1.82, 2.24) is 10.7 Å². The van der Waals surface area contributed by atoms with Crippen molar-refractivity contribution in [3.8, 4) is 0 Å². The SMILES string of the molecule is CC(C)(C)NCCN1C(=O)C(=NNC(N)=O)c2ccccc21. The summed E-state index contributed by atoms with van der Waals surface area (Å²) >= 11 is 0. The summed E-state index contributed by atoms with van der Waals surface area (Å²) in [5.74, 6) is -0.245. The number of hydrogen-bond acceptors (Lipinski definition) is 4. The Morgan fingerprint density at radius 1 is 1.32 bits per heavy atom. The molecule has 0 aliphatic carbocycles. The average molecular weight is 303 g/mol. The second-order valence-electron chi connectivity index (χ2n) is 6.09. The smallest absolute Gasteiger partial charge is 0.332 e. The van der Waals surface area contributed by atoms with Gasteiger partial charge >= 0.3 is 6.03 Å². The lowest BCUT2D eigenvalue weighted by molar-refractivity contribution is -0.112. The van der Waals surface area contributed by atoms with E-state index in [-0.39, 0.29) is 17.2 Å². The lowest BCUT2D eigenvalue weighted by atomic mass is 10.1. The molecule has 4 N–H and O–H groups in total. The monoisotopic (exact) mass is 303 g/mol. The molecule has 0 saturated carbocycles. The molecule has 1 aromatic rings. The largest absolute Gasteiger partial charge is 0.350 e. The van der Waals surface area contributed by atoms with Crippen LogP contribution in [-0.4, -0.2) is 36.3 Å². The Balaban J connectivity index is 2.20. The van der Waals surface area contributed by atoms with Crippen LogP contribution in [0.4, 0.5) is 10.5 Å². The number of nitrogens with zero attached hydrogens (tertiary/aromatic N) is 2. The van der Waals surface area contributed by atoms with Crippen LogP contribution in [0.3, 0.4) is 0 Å². The van der Waals surface area contributed by atoms with Crippen LogP contribution in [0.1, 0.15) is 26.3 Å². The van der Waals surface area contributed by atoms with E-state index in [0.29, 0.717) is 18.7 Å². The summed E-state index contributed by atoms with van der Waals surface area (Å²) in [4.78, 5) is 25.0. The van der Waals surface area contributed by atoms with Gasteiger partial charge in [0.05, 0.1) is 5.69 Å². The number of fused-ring (bicyclic) bond motifs is 1. The van der Waals surface area contributed by atoms with Crippen molar-refractivity contribution in [3.63, 3.8) is 0 Å². The molecular formula is C15H21N5O2. The minimum atomic E-state index is -0.800. The van der Waals surface area contributed by atoms with E-state index in [0.717, 1.165) is 5.69 Å². The number of hydrogen-bond donors (Lipinski definition) is 3. The van der Waals surface area contributed by atoms with Crippen molar-refractivity contribution in [3.05, 3.63) is 29.8 Å². The number of carbonyl (C=O) groups excluding carboxylic acids is 2. The van der Waals surface area contributed by atoms with E-state index < -0.39 is 6.03 Å². The summed E-state index contributed by atoms with van der Waals surface area (Å²) in [7, 11) is 0. The van der Waals surface area contributed by atoms with Crippen LogP contribution in [0.25, 0.3) is 0 Å². The Bertz CT molecular complexity index is 619. The maximum atomic E-state index is 12.5. The molecule has 0 saturated heterocycles. The predicted molar refractivity (Wildman–Crippen MR) is 85.8 cm³/mol. The lowest BCUT2D eigenvalue weighted by Crippen LogP contribution is -2.43. The summed E-state index contributed by atoms with van der Waals surface area (Å²) in [6.45, 7) is 7.37. The van der Waals surface area contributed by atoms with Crippen molar-refractivity contribution in [1.29, 1.82) is 0 Å². The zero-order valence-electron chi connectivity index (χ0n) is 13.0. The van der Waals surface area contributed by atoms with E-state index >= 15 is 0 Å². The van der Waals surface area contributed by atoms with Crippen molar-refractivity contribution < 1.29 is 9.59 Å². The van der Waals surface area contributed by atoms with Gasteiger partial charge in [0.2, 0.25) is 0 Å². The molecule has 118 valence electrons. The minimum absolute atomic E-state index is 0.0211. The quantitative estimate of drug-likeness (QED) is 0.717. The van der Waals surface area contributed by atoms with Crippen LogP contribution in [0.5, 0.6) is 0 Å². The van der Waals surface area contributed by atoms with Gasteiger partial charge in [0.1, 0.15) is 0 Å². The molecule has 0 aromatic heterocycles. The number of hydrazone groups is 1. The average Bonchev–Trinajstić information content (AvgIpc) is 2.68. The van der Waals surface area contributed by atoms with Gasteiger partial charge in [-0.15, -0.1) is 0 Å². The Hall–Kier alpha value is -2.41. The number of carbonyl (C=O) groups is 2. The number of anilines is 1. The Kier molecular flexibility index (Phi) is 4.46. The zero-order chi connectivity index (χ0) is 16.3. The Morgan fingerprint density at radius 2 is 2.00 bits per heavy atom. The number of nitrogens with two attached hydrogens (primary N) is 1. The highest BCUT2D eigenvalue weighted by molar-refractivity contribution is 6.54. The fourth-order valence-corrected chi connectivity index (χ4v) is 2.25. The molecule has 7 nitrogen and oxygen atoms in total. The Morgan fingerprint density at radius 3 is 2.64 bits per heavy atom. The molecule has 0 fully saturated rings. The van der Waals surface area contributed by atoms with Gasteiger partial charge in [0.15, 0.2) is 5.71 Å². The van der Waals surface area contributed by atoms with Crippen LogP contribution in [0.2, 0.25) is 0 Å². The van der Waals surface area contributed by atoms with E-state index in [1.165, 1.54) is 0 Å². The highest BCUT2D eigenvalue weighted by Crippen LogP contribution is 2.28. The van der Waals surface area contributed by atoms with E-state index in [1.54, 1.807) is 11.0 Å². The molecule has 1 aromatic carbocycles. The van der Waals surface area contributed by atoms with Gasteiger partial charge in [0, 0.05) is 24.2 Å². The second kappa shape index (κ2) is 6.15. The van der Waals surface area contributed by atoms with Gasteiger partial charge in [-0.2, -0.15) is 5.10 Å². The van der Waals surface area contributed by atoms with E-state index in [2.05, 4.69) is 36.6 Å². The fourth-order valence-electron chi connectivity index (χ4n) is 2.25. The number of amides is 3. The molecule has 0 radical (unpaired) electrons. The first-order valence-corrected chi connectivity index (χ1v) is 7.09. The lowest BCUT2D eigenvalue weighted by Gasteiger charge is -2.23. The molecule has 1 aliphatic heterocycles. The van der Waals surface area contributed by atoms with Crippen LogP contribution in [-0.2, 0) is 4.79 Å². The predicted octanol–water partition coefficient (Wildman–Crippen LogP) is 0.794. The van der Waals surface area contributed by atoms with Crippen molar-refractivity contribution in [2.75, 3.05) is 18.0 Å². The third kappa shape index (κ3) is 3.62. The van der Waals surface area contributed by atoms with Crippen LogP contribution in [0, 0.1) is 0 Å². The molecule has 0 atom stereocenters. The summed E-state index contributed by atoms with van der Waals surface area (Å²) in [6.07, 6.45) is 0. The number of primary amides is 1. The molecule has 0 bridgehead atoms. The second-order valence-corrected chi connectivity index (χ2v) is 6.09. The van der Waals surface area contributed by atoms with Gasteiger partial charge < -0.3 is 16.0 Å². The molecule has 1 heterocycles. The Labute approximate surface area is 129 Å². The first kappa shape index (κ1) is 16.0. The zero-order valence-corrected chi connectivity index (χ0v) is 13.0. The van der Waals surface area contributed by atoms with Gasteiger partial charge in [-0.25, -0.2) is 10.2 Å². The van der Waals surface area contributed by atoms with E-state index in [1.807, 2.05) is 18.2 Å². The van der Waals surface area contributed by atoms with Crippen LogP contribution >= 0.6 is 0 Å². The summed E-state index contributed by atoms with van der Waals surface area (Å²) in [5, 5.41) is 7.17. The van der Waals surface area contributed by atoms with Crippen LogP contribution < -0.4 is 21.4 Å². The number of nitrogens with one attached hydrogen (secondary N) is 2. The molecule has 0 unspecified atom stereocenters. The topological polar surface area (TPSA) is 99.8 Å². The number of benzene rings is 1. The highest BCUT2D eigenvalue weighted by atomic mass is 16.2. The molecule has 22 heavy (non-hydrogen) atoms. The molecule has 3 amide bonds. The van der Waals surface area contributed by atoms with E-state index in [4.69, 9.17) is 5.73 Å². The number of rotatable bonds is 4. The maximum Gasteiger partial charge on any atom is 0.332 e.